The van der Waals surface area contributed by atoms with E-state index in [1.807, 2.05) is 24.3 Å². The number of nitrogens with one attached hydrogen (secondary N) is 2. The first-order valence-corrected chi connectivity index (χ1v) is 10.8. The first-order chi connectivity index (χ1) is 14.5. The molecule has 0 radical (unpaired) electrons. The number of carbonyl (C=O) groups excluding carboxylic acids is 3. The van der Waals surface area contributed by atoms with Crippen LogP contribution in [0, 0.1) is 0 Å². The highest BCUT2D eigenvalue weighted by molar-refractivity contribution is 8.15. The van der Waals surface area contributed by atoms with E-state index in [1.54, 1.807) is 12.1 Å². The molecule has 0 saturated carbocycles. The second-order valence-corrected chi connectivity index (χ2v) is 8.70. The molecule has 2 aliphatic rings. The number of thioether (sulfide) groups is 1. The summed E-state index contributed by atoms with van der Waals surface area (Å²) in [6, 6.07) is 12.8. The van der Waals surface area contributed by atoms with Gasteiger partial charge in [-0.2, -0.15) is 0 Å². The Hall–Kier alpha value is -3.00. The largest absolute Gasteiger partial charge is 0.506 e. The summed E-state index contributed by atoms with van der Waals surface area (Å²) in [5, 5.41) is 14.2. The van der Waals surface area contributed by atoms with E-state index in [-0.39, 0.29) is 29.2 Å². The lowest BCUT2D eigenvalue weighted by atomic mass is 10.1. The molecule has 2 saturated heterocycles. The zero-order valence-electron chi connectivity index (χ0n) is 16.4. The van der Waals surface area contributed by atoms with Crippen LogP contribution < -0.4 is 15.5 Å². The number of phenolic OH excluding ortho intramolecular Hbond substituents is 1. The number of anilines is 2. The fourth-order valence-electron chi connectivity index (χ4n) is 3.73. The molecule has 2 heterocycles. The number of nitrogens with zero attached hydrogens (tertiary/aromatic N) is 1. The van der Waals surface area contributed by atoms with Gasteiger partial charge in [-0.05, 0) is 54.7 Å². The van der Waals surface area contributed by atoms with Crippen molar-refractivity contribution < 1.29 is 19.5 Å². The smallest absolute Gasteiger partial charge is 0.286 e. The summed E-state index contributed by atoms with van der Waals surface area (Å²) in [4.78, 5) is 37.9. The van der Waals surface area contributed by atoms with Crippen LogP contribution in [0.4, 0.5) is 16.2 Å². The van der Waals surface area contributed by atoms with Gasteiger partial charge in [0.2, 0.25) is 11.8 Å². The minimum Gasteiger partial charge on any atom is -0.506 e. The average Bonchev–Trinajstić information content (AvgIpc) is 3.35. The quantitative estimate of drug-likeness (QED) is 0.616. The van der Waals surface area contributed by atoms with E-state index in [0.29, 0.717) is 12.1 Å². The molecule has 30 heavy (non-hydrogen) atoms. The molecule has 4 rings (SSSR count). The highest BCUT2D eigenvalue weighted by atomic mass is 32.2. The molecule has 3 amide bonds. The fraction of sp³-hybridized carbons (Fsp3) is 0.318. The second kappa shape index (κ2) is 8.79. The Morgan fingerprint density at radius 3 is 2.47 bits per heavy atom. The SMILES string of the molecule is O=C(Cc1ccc(N2CCCC2)cc1)Nc1cc(CC2SC(=O)NC2=O)ccc1O. The number of rotatable bonds is 6. The third-order valence-electron chi connectivity index (χ3n) is 5.30. The molecule has 2 aromatic rings. The van der Waals surface area contributed by atoms with Gasteiger partial charge >= 0.3 is 0 Å². The monoisotopic (exact) mass is 425 g/mol. The minimum atomic E-state index is -0.500. The summed E-state index contributed by atoms with van der Waals surface area (Å²) in [7, 11) is 0. The van der Waals surface area contributed by atoms with E-state index in [4.69, 9.17) is 0 Å². The van der Waals surface area contributed by atoms with Gasteiger partial charge in [0.05, 0.1) is 17.4 Å². The Balaban J connectivity index is 1.37. The second-order valence-electron chi connectivity index (χ2n) is 7.52. The van der Waals surface area contributed by atoms with Crippen LogP contribution >= 0.6 is 11.8 Å². The minimum absolute atomic E-state index is 0.0453. The van der Waals surface area contributed by atoms with Gasteiger partial charge in [-0.1, -0.05) is 30.0 Å². The molecule has 2 aliphatic heterocycles. The van der Waals surface area contributed by atoms with Crippen LogP contribution in [0.1, 0.15) is 24.0 Å². The number of hydrogen-bond acceptors (Lipinski definition) is 6. The van der Waals surface area contributed by atoms with Gasteiger partial charge in [0.15, 0.2) is 0 Å². The van der Waals surface area contributed by atoms with E-state index in [0.717, 1.165) is 36.0 Å². The summed E-state index contributed by atoms with van der Waals surface area (Å²) in [5.41, 5.74) is 3.11. The van der Waals surface area contributed by atoms with Gasteiger partial charge in [0, 0.05) is 18.8 Å². The maximum atomic E-state index is 12.5. The predicted octanol–water partition coefficient (Wildman–Crippen LogP) is 3.07. The maximum absolute atomic E-state index is 12.5. The van der Waals surface area contributed by atoms with Crippen LogP contribution in [0.2, 0.25) is 0 Å². The molecule has 156 valence electrons. The zero-order valence-corrected chi connectivity index (χ0v) is 17.2. The Kier molecular flexibility index (Phi) is 5.94. The molecule has 3 N–H and O–H groups in total. The highest BCUT2D eigenvalue weighted by Crippen LogP contribution is 2.28. The molecule has 7 nitrogen and oxygen atoms in total. The van der Waals surface area contributed by atoms with E-state index < -0.39 is 5.25 Å². The molecule has 8 heteroatoms. The zero-order chi connectivity index (χ0) is 21.1. The summed E-state index contributed by atoms with van der Waals surface area (Å²) >= 11 is 0.951. The van der Waals surface area contributed by atoms with E-state index in [1.165, 1.54) is 24.6 Å². The van der Waals surface area contributed by atoms with Crippen molar-refractivity contribution in [3.05, 3.63) is 53.6 Å². The Morgan fingerprint density at radius 1 is 1.10 bits per heavy atom. The van der Waals surface area contributed by atoms with Crippen molar-refractivity contribution >= 4 is 40.2 Å². The average molecular weight is 426 g/mol. The molecular weight excluding hydrogens is 402 g/mol. The number of phenols is 1. The highest BCUT2D eigenvalue weighted by Gasteiger charge is 2.31. The van der Waals surface area contributed by atoms with Gasteiger partial charge in [0.25, 0.3) is 5.24 Å². The molecule has 1 atom stereocenters. The van der Waals surface area contributed by atoms with Crippen LogP contribution in [0.25, 0.3) is 0 Å². The van der Waals surface area contributed by atoms with E-state index in [2.05, 4.69) is 15.5 Å². The Morgan fingerprint density at radius 2 is 1.80 bits per heavy atom. The Bertz CT molecular complexity index is 971. The van der Waals surface area contributed by atoms with E-state index >= 15 is 0 Å². The van der Waals surface area contributed by atoms with Crippen molar-refractivity contribution in [1.82, 2.24) is 5.32 Å². The van der Waals surface area contributed by atoms with Crippen molar-refractivity contribution in [2.24, 2.45) is 0 Å². The predicted molar refractivity (Wildman–Crippen MR) is 117 cm³/mol. The first kappa shape index (κ1) is 20.3. The van der Waals surface area contributed by atoms with Gasteiger partial charge in [-0.25, -0.2) is 0 Å². The molecule has 1 unspecified atom stereocenters. The summed E-state index contributed by atoms with van der Waals surface area (Å²) in [6.45, 7) is 2.15. The lowest BCUT2D eigenvalue weighted by Gasteiger charge is -2.17. The number of amides is 3. The van der Waals surface area contributed by atoms with Crippen LogP contribution in [-0.4, -0.2) is 40.5 Å². The lowest BCUT2D eigenvalue weighted by Crippen LogP contribution is -2.25. The van der Waals surface area contributed by atoms with Crippen LogP contribution in [0.3, 0.4) is 0 Å². The molecule has 0 aromatic heterocycles. The topological polar surface area (TPSA) is 98.7 Å². The number of benzene rings is 2. The van der Waals surface area contributed by atoms with Crippen molar-refractivity contribution in [3.63, 3.8) is 0 Å². The van der Waals surface area contributed by atoms with Gasteiger partial charge in [-0.3, -0.25) is 19.7 Å². The first-order valence-electron chi connectivity index (χ1n) is 9.95. The van der Waals surface area contributed by atoms with Crippen molar-refractivity contribution in [2.75, 3.05) is 23.3 Å². The Labute approximate surface area is 178 Å². The van der Waals surface area contributed by atoms with Crippen molar-refractivity contribution in [1.29, 1.82) is 0 Å². The maximum Gasteiger partial charge on any atom is 0.286 e. The summed E-state index contributed by atoms with van der Waals surface area (Å²) < 4.78 is 0. The molecule has 2 fully saturated rings. The number of carbonyl (C=O) groups is 3. The lowest BCUT2D eigenvalue weighted by molar-refractivity contribution is -0.119. The number of imide groups is 1. The molecular formula is C22H23N3O4S. The summed E-state index contributed by atoms with van der Waals surface area (Å²) in [5.74, 6) is -0.600. The van der Waals surface area contributed by atoms with Crippen LogP contribution in [-0.2, 0) is 22.4 Å². The normalized spacial score (nSPS) is 18.5. The molecule has 0 aliphatic carbocycles. The van der Waals surface area contributed by atoms with Crippen LogP contribution in [0.5, 0.6) is 5.75 Å². The third-order valence-corrected chi connectivity index (χ3v) is 6.28. The molecule has 2 aromatic carbocycles. The standard InChI is InChI=1S/C22H23N3O4S/c26-18-8-5-15(12-19-21(28)24-22(29)30-19)11-17(18)23-20(27)13-14-3-6-16(7-4-14)25-9-1-2-10-25/h3-8,11,19,26H,1-2,9-10,12-13H2,(H,23,27)(H,24,28,29). The van der Waals surface area contributed by atoms with Crippen LogP contribution in [0.15, 0.2) is 42.5 Å². The van der Waals surface area contributed by atoms with Gasteiger partial charge in [-0.15, -0.1) is 0 Å². The van der Waals surface area contributed by atoms with Crippen molar-refractivity contribution in [3.8, 4) is 5.75 Å². The van der Waals surface area contributed by atoms with E-state index in [9.17, 15) is 19.5 Å². The number of hydrogen-bond donors (Lipinski definition) is 3. The van der Waals surface area contributed by atoms with Crippen molar-refractivity contribution in [2.45, 2.75) is 30.9 Å². The molecule has 0 bridgehead atoms. The molecule has 0 spiro atoms. The number of aromatic hydroxyl groups is 1. The third kappa shape index (κ3) is 4.76. The van der Waals surface area contributed by atoms with Gasteiger partial charge < -0.3 is 15.3 Å². The summed E-state index contributed by atoms with van der Waals surface area (Å²) in [6.07, 6.45) is 2.96. The fourth-order valence-corrected chi connectivity index (χ4v) is 4.59. The van der Waals surface area contributed by atoms with Gasteiger partial charge in [0.1, 0.15) is 5.75 Å².